The Bertz CT molecular complexity index is 818. The van der Waals surface area contributed by atoms with Gasteiger partial charge in [0.05, 0.1) is 39.0 Å². The van der Waals surface area contributed by atoms with Gasteiger partial charge >= 0.3 is 0 Å². The lowest BCUT2D eigenvalue weighted by Gasteiger charge is -2.32. The number of aryl methyl sites for hydroxylation is 1. The van der Waals surface area contributed by atoms with E-state index in [0.717, 1.165) is 54.3 Å². The summed E-state index contributed by atoms with van der Waals surface area (Å²) in [7, 11) is 3.30. The molecule has 1 aromatic carbocycles. The summed E-state index contributed by atoms with van der Waals surface area (Å²) >= 11 is 0. The minimum atomic E-state index is 0.167. The van der Waals surface area contributed by atoms with E-state index in [0.29, 0.717) is 32.2 Å². The average Bonchev–Trinajstić information content (AvgIpc) is 2.78. The maximum Gasteiger partial charge on any atom is 0.226 e. The first-order valence-electron chi connectivity index (χ1n) is 10.4. The van der Waals surface area contributed by atoms with Crippen LogP contribution >= 0.6 is 0 Å². The lowest BCUT2D eigenvalue weighted by molar-refractivity contribution is -0.131. The summed E-state index contributed by atoms with van der Waals surface area (Å²) in [4.78, 5) is 23.7. The summed E-state index contributed by atoms with van der Waals surface area (Å²) in [6.07, 6.45) is 4.08. The highest BCUT2D eigenvalue weighted by atomic mass is 16.5. The van der Waals surface area contributed by atoms with Crippen molar-refractivity contribution in [2.24, 2.45) is 0 Å². The van der Waals surface area contributed by atoms with Crippen molar-refractivity contribution in [2.45, 2.75) is 38.7 Å². The zero-order valence-corrected chi connectivity index (χ0v) is 18.1. The molecule has 1 aliphatic rings. The summed E-state index contributed by atoms with van der Waals surface area (Å²) in [5.74, 6) is 2.05. The highest BCUT2D eigenvalue weighted by Gasteiger charge is 2.26. The Labute approximate surface area is 178 Å². The second kappa shape index (κ2) is 11.0. The molecule has 0 aliphatic carbocycles. The first-order valence-corrected chi connectivity index (χ1v) is 10.4. The Morgan fingerprint density at radius 1 is 1.13 bits per heavy atom. The first kappa shape index (κ1) is 22.2. The Balaban J connectivity index is 1.56. The van der Waals surface area contributed by atoms with E-state index in [4.69, 9.17) is 19.2 Å². The highest BCUT2D eigenvalue weighted by Crippen LogP contribution is 2.29. The topological polar surface area (TPSA) is 73.8 Å². The molecule has 162 valence electrons. The molecular weight excluding hydrogens is 382 g/mol. The molecule has 0 bridgehead atoms. The van der Waals surface area contributed by atoms with Crippen molar-refractivity contribution in [3.8, 4) is 5.75 Å². The fourth-order valence-electron chi connectivity index (χ4n) is 3.73. The summed E-state index contributed by atoms with van der Waals surface area (Å²) in [5.41, 5.74) is 3.09. The van der Waals surface area contributed by atoms with E-state index >= 15 is 0 Å². The number of methoxy groups -OCH3 is 2. The molecule has 2 heterocycles. The van der Waals surface area contributed by atoms with Gasteiger partial charge < -0.3 is 19.1 Å². The number of nitrogens with zero attached hydrogens (tertiary/aromatic N) is 3. The van der Waals surface area contributed by atoms with Crippen molar-refractivity contribution in [3.05, 3.63) is 53.1 Å². The van der Waals surface area contributed by atoms with Crippen LogP contribution in [0.15, 0.2) is 30.5 Å². The quantitative estimate of drug-likeness (QED) is 0.589. The second-order valence-corrected chi connectivity index (χ2v) is 7.55. The van der Waals surface area contributed by atoms with Crippen LogP contribution in [0.5, 0.6) is 5.75 Å². The molecule has 1 saturated heterocycles. The number of hydrogen-bond acceptors (Lipinski definition) is 6. The first-order chi connectivity index (χ1) is 14.6. The normalized spacial score (nSPS) is 14.7. The van der Waals surface area contributed by atoms with E-state index in [9.17, 15) is 4.79 Å². The van der Waals surface area contributed by atoms with Gasteiger partial charge in [-0.3, -0.25) is 4.79 Å². The van der Waals surface area contributed by atoms with Gasteiger partial charge in [-0.15, -0.1) is 0 Å². The molecule has 0 atom stereocenters. The van der Waals surface area contributed by atoms with Crippen LogP contribution in [0.2, 0.25) is 0 Å². The van der Waals surface area contributed by atoms with E-state index in [-0.39, 0.29) is 5.91 Å². The molecule has 7 heteroatoms. The Kier molecular flexibility index (Phi) is 8.16. The number of likely N-dealkylation sites (tertiary alicyclic amines) is 1. The van der Waals surface area contributed by atoms with Gasteiger partial charge in [-0.25, -0.2) is 9.97 Å². The van der Waals surface area contributed by atoms with Crippen LogP contribution in [-0.4, -0.2) is 61.3 Å². The monoisotopic (exact) mass is 413 g/mol. The van der Waals surface area contributed by atoms with Gasteiger partial charge in [0.15, 0.2) is 0 Å². The number of carbonyl (C=O) groups excluding carboxylic acids is 1. The molecule has 1 amide bonds. The van der Waals surface area contributed by atoms with E-state index in [1.165, 1.54) is 0 Å². The molecule has 0 N–H and O–H groups in total. The van der Waals surface area contributed by atoms with Crippen LogP contribution in [0.3, 0.4) is 0 Å². The highest BCUT2D eigenvalue weighted by molar-refractivity contribution is 5.79. The van der Waals surface area contributed by atoms with Crippen molar-refractivity contribution in [3.63, 3.8) is 0 Å². The van der Waals surface area contributed by atoms with Crippen molar-refractivity contribution in [1.29, 1.82) is 0 Å². The Morgan fingerprint density at radius 3 is 2.53 bits per heavy atom. The molecule has 1 aromatic heterocycles. The Hall–Kier alpha value is -2.51. The number of hydrogen-bond donors (Lipinski definition) is 0. The van der Waals surface area contributed by atoms with Gasteiger partial charge in [0, 0.05) is 37.9 Å². The zero-order chi connectivity index (χ0) is 21.3. The fourth-order valence-corrected chi connectivity index (χ4v) is 3.73. The molecule has 1 aliphatic heterocycles. The molecule has 0 spiro atoms. The minimum absolute atomic E-state index is 0.167. The van der Waals surface area contributed by atoms with Crippen molar-refractivity contribution < 1.29 is 19.0 Å². The predicted molar refractivity (Wildman–Crippen MR) is 114 cm³/mol. The number of amides is 1. The van der Waals surface area contributed by atoms with E-state index in [1.807, 2.05) is 42.3 Å². The third kappa shape index (κ3) is 6.00. The largest absolute Gasteiger partial charge is 0.497 e. The van der Waals surface area contributed by atoms with Crippen LogP contribution in [0.4, 0.5) is 0 Å². The molecule has 7 nitrogen and oxygen atoms in total. The van der Waals surface area contributed by atoms with Crippen molar-refractivity contribution >= 4 is 5.91 Å². The summed E-state index contributed by atoms with van der Waals surface area (Å²) in [6.45, 7) is 4.99. The molecule has 0 unspecified atom stereocenters. The zero-order valence-electron chi connectivity index (χ0n) is 18.1. The van der Waals surface area contributed by atoms with E-state index in [2.05, 4.69) is 4.98 Å². The molecule has 0 radical (unpaired) electrons. The second-order valence-electron chi connectivity index (χ2n) is 7.55. The molecular formula is C23H31N3O4. The lowest BCUT2D eigenvalue weighted by atomic mass is 9.90. The maximum atomic E-state index is 12.7. The van der Waals surface area contributed by atoms with Crippen molar-refractivity contribution in [2.75, 3.05) is 40.5 Å². The minimum Gasteiger partial charge on any atom is -0.497 e. The number of piperidine rings is 1. The van der Waals surface area contributed by atoms with Crippen molar-refractivity contribution in [1.82, 2.24) is 14.9 Å². The molecule has 0 saturated carbocycles. The third-order valence-corrected chi connectivity index (χ3v) is 5.46. The summed E-state index contributed by atoms with van der Waals surface area (Å²) in [6, 6.07) is 7.68. The van der Waals surface area contributed by atoms with Gasteiger partial charge in [-0.1, -0.05) is 12.1 Å². The van der Waals surface area contributed by atoms with E-state index < -0.39 is 0 Å². The number of benzene rings is 1. The predicted octanol–water partition coefficient (Wildman–Crippen LogP) is 2.91. The molecule has 1 fully saturated rings. The van der Waals surface area contributed by atoms with Gasteiger partial charge in [0.2, 0.25) is 5.91 Å². The molecule has 2 aromatic rings. The number of ether oxygens (including phenoxy) is 3. The van der Waals surface area contributed by atoms with Gasteiger partial charge in [-0.05, 0) is 37.5 Å². The standard InChI is InChI=1S/C23H31N3O4/c1-17-24-15-20(16-30-13-12-28-2)23(25-17)19-8-10-26(11-9-19)22(27)14-18-4-6-21(29-3)7-5-18/h4-7,15,19H,8-14,16H2,1-3H3. The van der Waals surface area contributed by atoms with Crippen LogP contribution < -0.4 is 4.74 Å². The summed E-state index contributed by atoms with van der Waals surface area (Å²) < 4.78 is 15.9. The van der Waals surface area contributed by atoms with E-state index in [1.54, 1.807) is 14.2 Å². The number of rotatable bonds is 9. The Morgan fingerprint density at radius 2 is 1.87 bits per heavy atom. The SMILES string of the molecule is COCCOCc1cnc(C)nc1C1CCN(C(=O)Cc2ccc(OC)cc2)CC1. The lowest BCUT2D eigenvalue weighted by Crippen LogP contribution is -2.39. The number of carbonyl (C=O) groups is 1. The van der Waals surface area contributed by atoms with Gasteiger partial charge in [-0.2, -0.15) is 0 Å². The summed E-state index contributed by atoms with van der Waals surface area (Å²) in [5, 5.41) is 0. The maximum absolute atomic E-state index is 12.7. The smallest absolute Gasteiger partial charge is 0.226 e. The van der Waals surface area contributed by atoms with Crippen LogP contribution in [0, 0.1) is 6.92 Å². The van der Waals surface area contributed by atoms with Crippen LogP contribution in [0.25, 0.3) is 0 Å². The van der Waals surface area contributed by atoms with Gasteiger partial charge in [0.25, 0.3) is 0 Å². The van der Waals surface area contributed by atoms with Gasteiger partial charge in [0.1, 0.15) is 11.6 Å². The average molecular weight is 414 g/mol. The molecule has 30 heavy (non-hydrogen) atoms. The third-order valence-electron chi connectivity index (χ3n) is 5.46. The number of aromatic nitrogens is 2. The van der Waals surface area contributed by atoms with Crippen LogP contribution in [-0.2, 0) is 27.3 Å². The van der Waals surface area contributed by atoms with Crippen LogP contribution in [0.1, 0.15) is 41.4 Å². The molecule has 3 rings (SSSR count). The fraction of sp³-hybridized carbons (Fsp3) is 0.522.